The van der Waals surface area contributed by atoms with Crippen molar-refractivity contribution in [3.8, 4) is 11.5 Å². The largest absolute Gasteiger partial charge is 0.497 e. The Morgan fingerprint density at radius 2 is 2.00 bits per heavy atom. The SMILES string of the molecule is COc1ccc(CN(CCc2c[nH]c3ccccc23)Cc2nc(C(=O)NC3CC3)cs2)c(OC)c1. The van der Waals surface area contributed by atoms with Gasteiger partial charge in [-0.25, -0.2) is 4.98 Å². The molecule has 2 heterocycles. The van der Waals surface area contributed by atoms with Crippen LogP contribution in [0.3, 0.4) is 0 Å². The van der Waals surface area contributed by atoms with Crippen LogP contribution >= 0.6 is 11.3 Å². The lowest BCUT2D eigenvalue weighted by molar-refractivity contribution is 0.0946. The third kappa shape index (κ3) is 5.66. The number of hydrogen-bond donors (Lipinski definition) is 2. The van der Waals surface area contributed by atoms with Crippen LogP contribution in [0.2, 0.25) is 0 Å². The molecule has 1 fully saturated rings. The number of aromatic amines is 1. The summed E-state index contributed by atoms with van der Waals surface area (Å²) in [6.45, 7) is 2.18. The molecular weight excluding hydrogens is 460 g/mol. The number of rotatable bonds is 11. The second-order valence-corrected chi connectivity index (χ2v) is 9.81. The first-order chi connectivity index (χ1) is 17.1. The molecule has 8 heteroatoms. The van der Waals surface area contributed by atoms with Crippen molar-refractivity contribution in [3.63, 3.8) is 0 Å². The zero-order valence-electron chi connectivity index (χ0n) is 20.0. The molecule has 0 spiro atoms. The fourth-order valence-electron chi connectivity index (χ4n) is 4.22. The first kappa shape index (κ1) is 23.4. The number of nitrogens with one attached hydrogen (secondary N) is 2. The predicted molar refractivity (Wildman–Crippen MR) is 138 cm³/mol. The van der Waals surface area contributed by atoms with E-state index in [9.17, 15) is 4.79 Å². The summed E-state index contributed by atoms with van der Waals surface area (Å²) in [7, 11) is 3.33. The van der Waals surface area contributed by atoms with E-state index in [0.717, 1.165) is 53.4 Å². The molecule has 0 radical (unpaired) electrons. The Morgan fingerprint density at radius 3 is 2.80 bits per heavy atom. The van der Waals surface area contributed by atoms with Crippen molar-refractivity contribution < 1.29 is 14.3 Å². The maximum Gasteiger partial charge on any atom is 0.270 e. The van der Waals surface area contributed by atoms with Crippen LogP contribution in [0.5, 0.6) is 11.5 Å². The van der Waals surface area contributed by atoms with E-state index in [1.807, 2.05) is 29.6 Å². The molecule has 1 aliphatic carbocycles. The molecule has 7 nitrogen and oxygen atoms in total. The number of para-hydroxylation sites is 1. The van der Waals surface area contributed by atoms with Crippen molar-refractivity contribution in [1.82, 2.24) is 20.2 Å². The number of hydrogen-bond acceptors (Lipinski definition) is 6. The van der Waals surface area contributed by atoms with Gasteiger partial charge in [0.1, 0.15) is 22.2 Å². The molecule has 2 aromatic carbocycles. The summed E-state index contributed by atoms with van der Waals surface area (Å²) in [5.74, 6) is 1.49. The third-order valence-corrected chi connectivity index (χ3v) is 7.15. The fourth-order valence-corrected chi connectivity index (χ4v) is 5.04. The Hall–Kier alpha value is -3.36. The molecule has 2 N–H and O–H groups in total. The van der Waals surface area contributed by atoms with Gasteiger partial charge in [-0.05, 0) is 37.0 Å². The normalized spacial score (nSPS) is 13.3. The molecule has 5 rings (SSSR count). The van der Waals surface area contributed by atoms with Gasteiger partial charge in [0.25, 0.3) is 5.91 Å². The van der Waals surface area contributed by atoms with Gasteiger partial charge in [0.05, 0.1) is 20.8 Å². The first-order valence-electron chi connectivity index (χ1n) is 11.9. The second kappa shape index (κ2) is 10.5. The molecule has 4 aromatic rings. The van der Waals surface area contributed by atoms with E-state index in [-0.39, 0.29) is 5.91 Å². The summed E-state index contributed by atoms with van der Waals surface area (Å²) in [5, 5.41) is 7.06. The van der Waals surface area contributed by atoms with Gasteiger partial charge in [-0.15, -0.1) is 11.3 Å². The zero-order valence-corrected chi connectivity index (χ0v) is 20.9. The number of thiazole rings is 1. The minimum Gasteiger partial charge on any atom is -0.497 e. The van der Waals surface area contributed by atoms with Gasteiger partial charge < -0.3 is 19.8 Å². The van der Waals surface area contributed by atoms with Crippen LogP contribution < -0.4 is 14.8 Å². The maximum atomic E-state index is 12.4. The van der Waals surface area contributed by atoms with Crippen LogP contribution in [-0.4, -0.2) is 47.6 Å². The Labute approximate surface area is 209 Å². The van der Waals surface area contributed by atoms with Gasteiger partial charge in [0, 0.05) is 53.2 Å². The molecular formula is C27H30N4O3S. The Kier molecular flexibility index (Phi) is 7.01. The van der Waals surface area contributed by atoms with Gasteiger partial charge in [-0.2, -0.15) is 0 Å². The average molecular weight is 491 g/mol. The molecule has 182 valence electrons. The number of H-pyrrole nitrogens is 1. The molecule has 0 unspecified atom stereocenters. The van der Waals surface area contributed by atoms with E-state index in [2.05, 4.69) is 44.6 Å². The van der Waals surface area contributed by atoms with Crippen molar-refractivity contribution >= 4 is 28.1 Å². The Morgan fingerprint density at radius 1 is 1.14 bits per heavy atom. The number of aromatic nitrogens is 2. The second-order valence-electron chi connectivity index (χ2n) is 8.87. The lowest BCUT2D eigenvalue weighted by atomic mass is 10.1. The minimum absolute atomic E-state index is 0.0721. The summed E-state index contributed by atoms with van der Waals surface area (Å²) < 4.78 is 11.0. The van der Waals surface area contributed by atoms with Crippen LogP contribution in [0.25, 0.3) is 10.9 Å². The number of carbonyl (C=O) groups is 1. The Balaban J connectivity index is 1.34. The molecule has 35 heavy (non-hydrogen) atoms. The van der Waals surface area contributed by atoms with E-state index in [1.165, 1.54) is 22.3 Å². The van der Waals surface area contributed by atoms with Crippen LogP contribution in [0.1, 0.15) is 39.5 Å². The van der Waals surface area contributed by atoms with Crippen molar-refractivity contribution in [2.24, 2.45) is 0 Å². The zero-order chi connectivity index (χ0) is 24.2. The fraction of sp³-hybridized carbons (Fsp3) is 0.333. The maximum absolute atomic E-state index is 12.4. The summed E-state index contributed by atoms with van der Waals surface area (Å²) in [6, 6.07) is 14.6. The van der Waals surface area contributed by atoms with Crippen LogP contribution in [0.15, 0.2) is 54.0 Å². The van der Waals surface area contributed by atoms with Gasteiger partial charge >= 0.3 is 0 Å². The minimum atomic E-state index is -0.0721. The van der Waals surface area contributed by atoms with E-state index in [0.29, 0.717) is 24.8 Å². The van der Waals surface area contributed by atoms with Gasteiger partial charge in [0.2, 0.25) is 0 Å². The van der Waals surface area contributed by atoms with Crippen LogP contribution in [0.4, 0.5) is 0 Å². The van der Waals surface area contributed by atoms with Crippen molar-refractivity contribution in [3.05, 3.63) is 75.9 Å². The molecule has 0 atom stereocenters. The van der Waals surface area contributed by atoms with Crippen molar-refractivity contribution in [2.75, 3.05) is 20.8 Å². The summed E-state index contributed by atoms with van der Waals surface area (Å²) >= 11 is 1.54. The quantitative estimate of drug-likeness (QED) is 0.316. The number of benzene rings is 2. The Bertz CT molecular complexity index is 1310. The molecule has 0 bridgehead atoms. The number of fused-ring (bicyclic) bond motifs is 1. The average Bonchev–Trinajstić information content (AvgIpc) is 3.41. The highest BCUT2D eigenvalue weighted by molar-refractivity contribution is 7.09. The summed E-state index contributed by atoms with van der Waals surface area (Å²) in [5.41, 5.74) is 4.03. The summed E-state index contributed by atoms with van der Waals surface area (Å²) in [4.78, 5) is 22.8. The topological polar surface area (TPSA) is 79.5 Å². The lowest BCUT2D eigenvalue weighted by Gasteiger charge is -2.22. The molecule has 1 amide bonds. The van der Waals surface area contributed by atoms with Crippen molar-refractivity contribution in [2.45, 2.75) is 38.4 Å². The molecule has 2 aromatic heterocycles. The van der Waals surface area contributed by atoms with E-state index in [4.69, 9.17) is 9.47 Å². The van der Waals surface area contributed by atoms with Gasteiger partial charge in [-0.3, -0.25) is 9.69 Å². The number of ether oxygens (including phenoxy) is 2. The van der Waals surface area contributed by atoms with E-state index in [1.54, 1.807) is 14.2 Å². The van der Waals surface area contributed by atoms with Crippen LogP contribution in [0, 0.1) is 0 Å². The lowest BCUT2D eigenvalue weighted by Crippen LogP contribution is -2.27. The number of methoxy groups -OCH3 is 2. The number of nitrogens with zero attached hydrogens (tertiary/aromatic N) is 2. The highest BCUT2D eigenvalue weighted by Crippen LogP contribution is 2.27. The van der Waals surface area contributed by atoms with Crippen LogP contribution in [-0.2, 0) is 19.5 Å². The van der Waals surface area contributed by atoms with E-state index < -0.39 is 0 Å². The molecule has 0 saturated heterocycles. The molecule has 0 aliphatic heterocycles. The number of amides is 1. The smallest absolute Gasteiger partial charge is 0.270 e. The standard InChI is InChI=1S/C27H30N4O3S/c1-33-21-10-7-19(25(13-21)34-2)15-31(12-11-18-14-28-23-6-4-3-5-22(18)23)16-26-30-24(17-35-26)27(32)29-20-8-9-20/h3-7,10,13-14,17,20,28H,8-9,11-12,15-16H2,1-2H3,(H,29,32). The third-order valence-electron chi connectivity index (χ3n) is 6.32. The highest BCUT2D eigenvalue weighted by atomic mass is 32.1. The summed E-state index contributed by atoms with van der Waals surface area (Å²) in [6.07, 6.45) is 5.12. The van der Waals surface area contributed by atoms with Crippen molar-refractivity contribution in [1.29, 1.82) is 0 Å². The molecule has 1 aliphatic rings. The van der Waals surface area contributed by atoms with E-state index >= 15 is 0 Å². The molecule has 1 saturated carbocycles. The monoisotopic (exact) mass is 490 g/mol. The van der Waals surface area contributed by atoms with Gasteiger partial charge in [-0.1, -0.05) is 24.3 Å². The first-order valence-corrected chi connectivity index (χ1v) is 12.7. The highest BCUT2D eigenvalue weighted by Gasteiger charge is 2.25. The van der Waals surface area contributed by atoms with Gasteiger partial charge in [0.15, 0.2) is 0 Å². The predicted octanol–water partition coefficient (Wildman–Crippen LogP) is 4.78. The number of carbonyl (C=O) groups excluding carboxylic acids is 1.